The number of aromatic nitrogens is 2. The zero-order valence-corrected chi connectivity index (χ0v) is 20.5. The first-order valence-electron chi connectivity index (χ1n) is 12.8. The molecule has 0 spiro atoms. The van der Waals surface area contributed by atoms with Gasteiger partial charge >= 0.3 is 0 Å². The molecule has 1 amide bonds. The minimum absolute atomic E-state index is 0.0421. The molecule has 1 aromatic carbocycles. The van der Waals surface area contributed by atoms with Crippen molar-refractivity contribution in [1.82, 2.24) is 25.5 Å². The first-order chi connectivity index (χ1) is 17.5. The summed E-state index contributed by atoms with van der Waals surface area (Å²) in [6.07, 6.45) is 3.46. The van der Waals surface area contributed by atoms with Gasteiger partial charge in [-0.1, -0.05) is 0 Å². The Morgan fingerprint density at radius 1 is 1.19 bits per heavy atom. The number of ether oxygens (including phenoxy) is 1. The van der Waals surface area contributed by atoms with Crippen molar-refractivity contribution in [1.29, 1.82) is 0 Å². The predicted molar refractivity (Wildman–Crippen MR) is 132 cm³/mol. The van der Waals surface area contributed by atoms with Crippen molar-refractivity contribution < 1.29 is 18.3 Å². The Labute approximate surface area is 209 Å². The first kappa shape index (κ1) is 23.4. The van der Waals surface area contributed by atoms with Crippen molar-refractivity contribution in [2.24, 2.45) is 0 Å². The van der Waals surface area contributed by atoms with Crippen LogP contribution in [0.2, 0.25) is 0 Å². The molecule has 2 aromatic rings. The lowest BCUT2D eigenvalue weighted by atomic mass is 9.92. The van der Waals surface area contributed by atoms with Gasteiger partial charge in [0.25, 0.3) is 6.43 Å². The number of hydrogen-bond donors (Lipinski definition) is 2. The van der Waals surface area contributed by atoms with Gasteiger partial charge in [0.15, 0.2) is 5.82 Å². The van der Waals surface area contributed by atoms with Gasteiger partial charge in [0.05, 0.1) is 12.6 Å². The number of aryl methyl sites for hydroxylation is 1. The molecule has 0 saturated carbocycles. The number of nitrogens with one attached hydrogen (secondary N) is 2. The second-order valence-corrected chi connectivity index (χ2v) is 10.0. The van der Waals surface area contributed by atoms with Crippen LogP contribution >= 0.6 is 0 Å². The Morgan fingerprint density at radius 3 is 2.75 bits per heavy atom. The zero-order valence-electron chi connectivity index (χ0n) is 20.5. The quantitative estimate of drug-likeness (QED) is 0.671. The number of halogens is 2. The van der Waals surface area contributed by atoms with Gasteiger partial charge in [0.1, 0.15) is 0 Å². The highest BCUT2D eigenvalue weighted by molar-refractivity contribution is 5.78. The lowest BCUT2D eigenvalue weighted by Gasteiger charge is -2.33. The Bertz CT molecular complexity index is 1200. The number of nitrogens with zero attached hydrogens (tertiary/aromatic N) is 4. The van der Waals surface area contributed by atoms with Crippen molar-refractivity contribution >= 4 is 23.0 Å². The second-order valence-electron chi connectivity index (χ2n) is 10.0. The molecule has 4 aliphatic heterocycles. The molecular weight excluding hydrogens is 466 g/mol. The van der Waals surface area contributed by atoms with Crippen LogP contribution in [-0.2, 0) is 28.9 Å². The van der Waals surface area contributed by atoms with Crippen LogP contribution in [0.25, 0.3) is 5.57 Å². The van der Waals surface area contributed by atoms with Crippen LogP contribution in [0.5, 0.6) is 0 Å². The van der Waals surface area contributed by atoms with Crippen LogP contribution in [0, 0.1) is 0 Å². The molecule has 1 saturated heterocycles. The average Bonchev–Trinajstić information content (AvgIpc) is 3.56. The summed E-state index contributed by atoms with van der Waals surface area (Å²) in [5, 5.41) is 5.14. The number of carbonyl (C=O) groups is 1. The topological polar surface area (TPSA) is 74.7 Å². The van der Waals surface area contributed by atoms with Crippen molar-refractivity contribution in [3.05, 3.63) is 46.3 Å². The Hall–Kier alpha value is -2.98. The molecule has 1 aromatic heterocycles. The minimum Gasteiger partial charge on any atom is -0.381 e. The molecule has 4 aliphatic rings. The van der Waals surface area contributed by atoms with E-state index in [-0.39, 0.29) is 17.5 Å². The maximum atomic E-state index is 14.3. The number of carbonyl (C=O) groups excluding carboxylic acids is 1. The number of hydrogen-bond acceptors (Lipinski definition) is 6. The van der Waals surface area contributed by atoms with E-state index in [1.807, 2.05) is 11.0 Å². The van der Waals surface area contributed by atoms with Gasteiger partial charge in [0.2, 0.25) is 5.91 Å². The van der Waals surface area contributed by atoms with E-state index in [9.17, 15) is 13.6 Å². The number of amides is 1. The van der Waals surface area contributed by atoms with E-state index in [1.54, 1.807) is 19.2 Å². The van der Waals surface area contributed by atoms with E-state index < -0.39 is 6.43 Å². The molecule has 192 valence electrons. The summed E-state index contributed by atoms with van der Waals surface area (Å²) >= 11 is 0. The lowest BCUT2D eigenvalue weighted by molar-refractivity contribution is -0.129. The third kappa shape index (κ3) is 4.06. The largest absolute Gasteiger partial charge is 0.381 e. The molecule has 0 bridgehead atoms. The van der Waals surface area contributed by atoms with Gasteiger partial charge in [-0.2, -0.15) is 5.10 Å². The molecule has 0 radical (unpaired) electrons. The fourth-order valence-electron chi connectivity index (χ4n) is 5.98. The van der Waals surface area contributed by atoms with E-state index in [1.165, 1.54) is 5.69 Å². The number of alkyl halides is 2. The molecule has 8 nitrogen and oxygen atoms in total. The Kier molecular flexibility index (Phi) is 6.17. The van der Waals surface area contributed by atoms with Gasteiger partial charge in [0, 0.05) is 74.9 Å². The SMILES string of the molecule is CC(=O)N1CCc2c(c(N3CCCc4cc(C5=CNNC5)c(C(F)F)cc43)nn2C2CCOCC2)C1. The highest BCUT2D eigenvalue weighted by Crippen LogP contribution is 2.42. The predicted octanol–water partition coefficient (Wildman–Crippen LogP) is 3.61. The summed E-state index contributed by atoms with van der Waals surface area (Å²) in [5.74, 6) is 0.848. The average molecular weight is 499 g/mol. The highest BCUT2D eigenvalue weighted by Gasteiger charge is 2.34. The van der Waals surface area contributed by atoms with E-state index in [0.717, 1.165) is 60.3 Å². The van der Waals surface area contributed by atoms with Gasteiger partial charge in [-0.05, 0) is 54.5 Å². The number of rotatable bonds is 4. The molecule has 0 atom stereocenters. The molecule has 10 heteroatoms. The van der Waals surface area contributed by atoms with Crippen molar-refractivity contribution in [3.63, 3.8) is 0 Å². The third-order valence-electron chi connectivity index (χ3n) is 7.88. The van der Waals surface area contributed by atoms with Crippen LogP contribution in [-0.4, -0.2) is 53.4 Å². The maximum Gasteiger partial charge on any atom is 0.264 e. The van der Waals surface area contributed by atoms with Crippen LogP contribution in [0.3, 0.4) is 0 Å². The highest BCUT2D eigenvalue weighted by atomic mass is 19.3. The number of fused-ring (bicyclic) bond motifs is 2. The fourth-order valence-corrected chi connectivity index (χ4v) is 5.98. The lowest BCUT2D eigenvalue weighted by Crippen LogP contribution is -2.36. The Morgan fingerprint density at radius 2 is 2.03 bits per heavy atom. The number of anilines is 2. The van der Waals surface area contributed by atoms with Crippen molar-refractivity contribution in [2.45, 2.75) is 58.0 Å². The molecule has 2 N–H and O–H groups in total. The van der Waals surface area contributed by atoms with E-state index >= 15 is 0 Å². The molecule has 1 fully saturated rings. The van der Waals surface area contributed by atoms with E-state index in [0.29, 0.717) is 45.0 Å². The van der Waals surface area contributed by atoms with Crippen LogP contribution < -0.4 is 15.8 Å². The van der Waals surface area contributed by atoms with Gasteiger partial charge in [-0.3, -0.25) is 9.48 Å². The van der Waals surface area contributed by atoms with Crippen molar-refractivity contribution in [3.8, 4) is 0 Å². The van der Waals surface area contributed by atoms with Gasteiger partial charge in [-0.15, -0.1) is 0 Å². The van der Waals surface area contributed by atoms with Gasteiger partial charge < -0.3 is 20.0 Å². The van der Waals surface area contributed by atoms with Gasteiger partial charge in [-0.25, -0.2) is 14.2 Å². The summed E-state index contributed by atoms with van der Waals surface area (Å²) in [7, 11) is 0. The zero-order chi connectivity index (χ0) is 24.8. The van der Waals surface area contributed by atoms with Crippen LogP contribution in [0.15, 0.2) is 18.3 Å². The molecule has 0 aliphatic carbocycles. The minimum atomic E-state index is -2.59. The smallest absolute Gasteiger partial charge is 0.264 e. The molecule has 0 unspecified atom stereocenters. The molecule has 36 heavy (non-hydrogen) atoms. The molecule has 6 rings (SSSR count). The monoisotopic (exact) mass is 498 g/mol. The van der Waals surface area contributed by atoms with Crippen LogP contribution in [0.4, 0.5) is 20.3 Å². The summed E-state index contributed by atoms with van der Waals surface area (Å²) < 4.78 is 36.3. The van der Waals surface area contributed by atoms with Crippen molar-refractivity contribution in [2.75, 3.05) is 37.7 Å². The molecular formula is C26H32F2N6O2. The summed E-state index contributed by atoms with van der Waals surface area (Å²) in [6, 6.07) is 3.86. The maximum absolute atomic E-state index is 14.3. The fraction of sp³-hybridized carbons (Fsp3) is 0.538. The number of benzene rings is 1. The number of hydrazine groups is 1. The summed E-state index contributed by atoms with van der Waals surface area (Å²) in [5.41, 5.74) is 11.4. The van der Waals surface area contributed by atoms with Crippen LogP contribution in [0.1, 0.15) is 66.6 Å². The summed E-state index contributed by atoms with van der Waals surface area (Å²) in [6.45, 7) is 5.40. The second kappa shape index (κ2) is 9.48. The molecule has 5 heterocycles. The van der Waals surface area contributed by atoms with E-state index in [2.05, 4.69) is 20.4 Å². The van der Waals surface area contributed by atoms with E-state index in [4.69, 9.17) is 9.84 Å². The third-order valence-corrected chi connectivity index (χ3v) is 7.88. The summed E-state index contributed by atoms with van der Waals surface area (Å²) in [4.78, 5) is 16.2. The first-order valence-corrected chi connectivity index (χ1v) is 12.8. The standard InChI is InChI=1S/C26H32F2N6O2/c1-16(35)32-8-4-23-22(15-32)26(31-34(23)19-5-9-36-10-6-19)33-7-2-3-17-11-20(18-13-29-30-14-18)21(25(27)28)12-24(17)33/h11-13,19,25,29-30H,2-10,14-15H2,1H3. The Balaban J connectivity index is 1.46. The normalized spacial score (nSPS) is 20.3.